The van der Waals surface area contributed by atoms with Gasteiger partial charge in [-0.2, -0.15) is 0 Å². The van der Waals surface area contributed by atoms with Crippen molar-refractivity contribution in [1.82, 2.24) is 0 Å². The Kier molecular flexibility index (Phi) is 3.72. The molecule has 0 aliphatic rings. The molecule has 0 amide bonds. The predicted molar refractivity (Wildman–Crippen MR) is 72.9 cm³/mol. The first kappa shape index (κ1) is 12.4. The molecule has 0 atom stereocenters. The summed E-state index contributed by atoms with van der Waals surface area (Å²) >= 11 is 13.4. The maximum absolute atomic E-state index is 9.17. The van der Waals surface area contributed by atoms with Crippen LogP contribution < -0.4 is 0 Å². The molecule has 0 spiro atoms. The van der Waals surface area contributed by atoms with Crippen molar-refractivity contribution in [3.63, 3.8) is 0 Å². The molecule has 0 radical (unpaired) electrons. The van der Waals surface area contributed by atoms with E-state index in [9.17, 15) is 5.21 Å². The van der Waals surface area contributed by atoms with Crippen LogP contribution in [-0.2, 0) is 0 Å². The van der Waals surface area contributed by atoms with E-state index in [1.165, 1.54) is 11.3 Å². The van der Waals surface area contributed by atoms with Crippen molar-refractivity contribution in [2.24, 2.45) is 5.16 Å². The van der Waals surface area contributed by atoms with Gasteiger partial charge in [0.05, 0.1) is 9.90 Å². The Morgan fingerprint density at radius 1 is 1.29 bits per heavy atom. The zero-order valence-corrected chi connectivity index (χ0v) is 11.3. The largest absolute Gasteiger partial charge is 0.410 e. The van der Waals surface area contributed by atoms with Gasteiger partial charge in [0.1, 0.15) is 5.71 Å². The second-order valence-corrected chi connectivity index (χ2v) is 5.27. The van der Waals surface area contributed by atoms with Gasteiger partial charge >= 0.3 is 0 Å². The van der Waals surface area contributed by atoms with Crippen LogP contribution in [0.25, 0.3) is 0 Å². The van der Waals surface area contributed by atoms with Crippen molar-refractivity contribution >= 4 is 40.3 Å². The van der Waals surface area contributed by atoms with E-state index in [-0.39, 0.29) is 0 Å². The van der Waals surface area contributed by atoms with Crippen LogP contribution in [0.3, 0.4) is 0 Å². The van der Waals surface area contributed by atoms with E-state index in [1.807, 2.05) is 18.4 Å². The normalized spacial score (nSPS) is 11.8. The molecule has 88 valence electrons. The Hall–Kier alpha value is -1.03. The van der Waals surface area contributed by atoms with Crippen molar-refractivity contribution in [2.45, 2.75) is 6.92 Å². The zero-order chi connectivity index (χ0) is 12.4. The summed E-state index contributed by atoms with van der Waals surface area (Å²) in [6.45, 7) is 1.96. The van der Waals surface area contributed by atoms with Gasteiger partial charge in [-0.05, 0) is 42.1 Å². The van der Waals surface area contributed by atoms with Crippen LogP contribution in [0.4, 0.5) is 0 Å². The van der Waals surface area contributed by atoms with Gasteiger partial charge in [-0.25, -0.2) is 0 Å². The third-order valence-corrected chi connectivity index (χ3v) is 3.93. The van der Waals surface area contributed by atoms with Crippen molar-refractivity contribution in [3.05, 3.63) is 55.7 Å². The summed E-state index contributed by atoms with van der Waals surface area (Å²) in [7, 11) is 0. The molecular weight excluding hydrogens is 277 g/mol. The average molecular weight is 286 g/mol. The molecule has 0 bridgehead atoms. The summed E-state index contributed by atoms with van der Waals surface area (Å²) in [5.74, 6) is 0. The lowest BCUT2D eigenvalue weighted by Gasteiger charge is -2.06. The molecule has 1 N–H and O–H groups in total. The highest BCUT2D eigenvalue weighted by Crippen LogP contribution is 2.27. The molecule has 0 saturated heterocycles. The van der Waals surface area contributed by atoms with Gasteiger partial charge in [-0.15, -0.1) is 11.3 Å². The molecule has 2 rings (SSSR count). The first-order valence-electron chi connectivity index (χ1n) is 4.85. The minimum absolute atomic E-state index is 0.470. The van der Waals surface area contributed by atoms with Crippen LogP contribution in [0.2, 0.25) is 10.0 Å². The summed E-state index contributed by atoms with van der Waals surface area (Å²) in [6.07, 6.45) is 0. The third kappa shape index (κ3) is 2.46. The number of aryl methyl sites for hydroxylation is 1. The van der Waals surface area contributed by atoms with Crippen LogP contribution in [0.1, 0.15) is 16.0 Å². The number of benzene rings is 1. The standard InChI is InChI=1S/C12H9Cl2NOS/c1-7-4-5-17-12(7)11(15-16)9-3-2-8(13)6-10(9)14/h2-6,16H,1H3/b15-11-. The minimum atomic E-state index is 0.470. The number of nitrogens with zero attached hydrogens (tertiary/aromatic N) is 1. The molecule has 1 heterocycles. The Bertz CT molecular complexity index is 578. The maximum atomic E-state index is 9.17. The fourth-order valence-corrected chi connectivity index (χ4v) is 2.94. The molecule has 0 aliphatic heterocycles. The van der Waals surface area contributed by atoms with E-state index < -0.39 is 0 Å². The molecular formula is C12H9Cl2NOS. The molecule has 2 aromatic rings. The molecule has 0 unspecified atom stereocenters. The molecule has 0 fully saturated rings. The first-order valence-corrected chi connectivity index (χ1v) is 6.49. The molecule has 1 aromatic carbocycles. The quantitative estimate of drug-likeness (QED) is 0.489. The number of rotatable bonds is 2. The van der Waals surface area contributed by atoms with E-state index in [4.69, 9.17) is 23.2 Å². The first-order chi connectivity index (χ1) is 8.13. The summed E-state index contributed by atoms with van der Waals surface area (Å²) in [4.78, 5) is 0.900. The van der Waals surface area contributed by atoms with Crippen molar-refractivity contribution in [1.29, 1.82) is 0 Å². The van der Waals surface area contributed by atoms with Gasteiger partial charge < -0.3 is 5.21 Å². The number of thiophene rings is 1. The minimum Gasteiger partial charge on any atom is -0.410 e. The van der Waals surface area contributed by atoms with Gasteiger partial charge in [-0.3, -0.25) is 0 Å². The van der Waals surface area contributed by atoms with E-state index in [1.54, 1.807) is 18.2 Å². The average Bonchev–Trinajstić information content (AvgIpc) is 2.69. The highest BCUT2D eigenvalue weighted by Gasteiger charge is 2.15. The highest BCUT2D eigenvalue weighted by atomic mass is 35.5. The Morgan fingerprint density at radius 3 is 2.59 bits per heavy atom. The fraction of sp³-hybridized carbons (Fsp3) is 0.0833. The van der Waals surface area contributed by atoms with Crippen LogP contribution in [0.5, 0.6) is 0 Å². The number of oxime groups is 1. The van der Waals surface area contributed by atoms with Gasteiger partial charge in [0.2, 0.25) is 0 Å². The lowest BCUT2D eigenvalue weighted by atomic mass is 10.1. The smallest absolute Gasteiger partial charge is 0.128 e. The molecule has 1 aromatic heterocycles. The SMILES string of the molecule is Cc1ccsc1/C(=N\O)c1ccc(Cl)cc1Cl. The van der Waals surface area contributed by atoms with Crippen LogP contribution in [-0.4, -0.2) is 10.9 Å². The zero-order valence-electron chi connectivity index (χ0n) is 8.95. The summed E-state index contributed by atoms with van der Waals surface area (Å²) in [6, 6.07) is 7.07. The number of hydrogen-bond donors (Lipinski definition) is 1. The highest BCUT2D eigenvalue weighted by molar-refractivity contribution is 7.12. The number of hydrogen-bond acceptors (Lipinski definition) is 3. The molecule has 5 heteroatoms. The third-order valence-electron chi connectivity index (χ3n) is 2.36. The summed E-state index contributed by atoms with van der Waals surface area (Å²) in [5, 5.41) is 15.5. The molecule has 0 saturated carbocycles. The Morgan fingerprint density at radius 2 is 2.06 bits per heavy atom. The number of halogens is 2. The van der Waals surface area contributed by atoms with Crippen molar-refractivity contribution < 1.29 is 5.21 Å². The summed E-state index contributed by atoms with van der Waals surface area (Å²) in [5.41, 5.74) is 2.19. The van der Waals surface area contributed by atoms with Gasteiger partial charge in [-0.1, -0.05) is 28.4 Å². The van der Waals surface area contributed by atoms with E-state index >= 15 is 0 Å². The second-order valence-electron chi connectivity index (χ2n) is 3.51. The van der Waals surface area contributed by atoms with Crippen molar-refractivity contribution in [3.8, 4) is 0 Å². The molecule has 2 nitrogen and oxygen atoms in total. The molecule has 17 heavy (non-hydrogen) atoms. The fourth-order valence-electron chi connectivity index (χ4n) is 1.52. The van der Waals surface area contributed by atoms with Crippen LogP contribution >= 0.6 is 34.5 Å². The van der Waals surface area contributed by atoms with Crippen LogP contribution in [0, 0.1) is 6.92 Å². The topological polar surface area (TPSA) is 32.6 Å². The maximum Gasteiger partial charge on any atom is 0.128 e. The predicted octanol–water partition coefficient (Wildman–Crippen LogP) is 4.59. The molecule has 0 aliphatic carbocycles. The Labute approximate surface area is 113 Å². The van der Waals surface area contributed by atoms with Gasteiger partial charge in [0, 0.05) is 10.6 Å². The van der Waals surface area contributed by atoms with E-state index in [0.29, 0.717) is 21.3 Å². The van der Waals surface area contributed by atoms with Gasteiger partial charge in [0.15, 0.2) is 0 Å². The van der Waals surface area contributed by atoms with E-state index in [2.05, 4.69) is 5.16 Å². The summed E-state index contributed by atoms with van der Waals surface area (Å²) < 4.78 is 0. The lowest BCUT2D eigenvalue weighted by molar-refractivity contribution is 0.319. The van der Waals surface area contributed by atoms with Crippen molar-refractivity contribution in [2.75, 3.05) is 0 Å². The van der Waals surface area contributed by atoms with Crippen LogP contribution in [0.15, 0.2) is 34.8 Å². The lowest BCUT2D eigenvalue weighted by Crippen LogP contribution is -2.03. The Balaban J connectivity index is 2.55. The second kappa shape index (κ2) is 5.08. The monoisotopic (exact) mass is 285 g/mol. The van der Waals surface area contributed by atoms with E-state index in [0.717, 1.165) is 10.4 Å². The van der Waals surface area contributed by atoms with Gasteiger partial charge in [0.25, 0.3) is 0 Å².